The molecule has 1 aliphatic rings. The van der Waals surface area contributed by atoms with Crippen LogP contribution in [0.1, 0.15) is 45.6 Å². The number of hydrogen-bond acceptors (Lipinski definition) is 3. The summed E-state index contributed by atoms with van der Waals surface area (Å²) in [5.74, 6) is 0.995. The van der Waals surface area contributed by atoms with Crippen molar-refractivity contribution < 1.29 is 4.74 Å². The Bertz CT molecular complexity index is 416. The number of ether oxygens (including phenoxy) is 1. The van der Waals surface area contributed by atoms with Gasteiger partial charge in [-0.25, -0.2) is 0 Å². The predicted molar refractivity (Wildman–Crippen MR) is 93.8 cm³/mol. The maximum Gasteiger partial charge on any atom is 0.119 e. The molecule has 0 atom stereocenters. The highest BCUT2D eigenvalue weighted by atomic mass is 16.5. The smallest absolute Gasteiger partial charge is 0.119 e. The predicted octanol–water partition coefficient (Wildman–Crippen LogP) is 3.44. The zero-order chi connectivity index (χ0) is 15.8. The molecule has 2 rings (SSSR count). The van der Waals surface area contributed by atoms with Crippen LogP contribution in [0.4, 0.5) is 0 Å². The fourth-order valence-electron chi connectivity index (χ4n) is 2.79. The van der Waals surface area contributed by atoms with Crippen LogP contribution in [0.25, 0.3) is 0 Å². The number of nitrogens with zero attached hydrogens (tertiary/aromatic N) is 1. The highest BCUT2D eigenvalue weighted by Crippen LogP contribution is 2.24. The zero-order valence-electron chi connectivity index (χ0n) is 14.5. The molecule has 1 fully saturated rings. The van der Waals surface area contributed by atoms with Gasteiger partial charge in [0.1, 0.15) is 5.75 Å². The summed E-state index contributed by atoms with van der Waals surface area (Å²) in [7, 11) is 0. The van der Waals surface area contributed by atoms with E-state index in [0.717, 1.165) is 31.9 Å². The third-order valence-electron chi connectivity index (χ3n) is 4.32. The first-order valence-corrected chi connectivity index (χ1v) is 8.72. The molecule has 1 aliphatic heterocycles. The van der Waals surface area contributed by atoms with Crippen molar-refractivity contribution in [2.75, 3.05) is 39.3 Å². The lowest BCUT2D eigenvalue weighted by molar-refractivity contribution is 0.232. The van der Waals surface area contributed by atoms with Gasteiger partial charge in [0.05, 0.1) is 6.61 Å². The van der Waals surface area contributed by atoms with Crippen molar-refractivity contribution in [2.24, 2.45) is 0 Å². The molecule has 1 N–H and O–H groups in total. The molecule has 124 valence electrons. The van der Waals surface area contributed by atoms with E-state index in [4.69, 9.17) is 4.74 Å². The summed E-state index contributed by atoms with van der Waals surface area (Å²) in [6, 6.07) is 8.56. The van der Waals surface area contributed by atoms with Crippen LogP contribution in [0, 0.1) is 0 Å². The van der Waals surface area contributed by atoms with Crippen LogP contribution in [0.3, 0.4) is 0 Å². The fraction of sp³-hybridized carbons (Fsp3) is 0.684. The molecule has 0 bridgehead atoms. The van der Waals surface area contributed by atoms with Gasteiger partial charge in [0.15, 0.2) is 0 Å². The minimum absolute atomic E-state index is 0.211. The second kappa shape index (κ2) is 8.54. The Morgan fingerprint density at radius 3 is 2.32 bits per heavy atom. The van der Waals surface area contributed by atoms with Crippen LogP contribution in [0.2, 0.25) is 0 Å². The Balaban J connectivity index is 1.56. The Kier molecular flexibility index (Phi) is 6.71. The van der Waals surface area contributed by atoms with Crippen LogP contribution in [0.15, 0.2) is 24.3 Å². The average molecular weight is 304 g/mol. The number of piperazine rings is 1. The zero-order valence-corrected chi connectivity index (χ0v) is 14.5. The summed E-state index contributed by atoms with van der Waals surface area (Å²) >= 11 is 0. The second-order valence-corrected chi connectivity index (χ2v) is 7.28. The molecule has 22 heavy (non-hydrogen) atoms. The van der Waals surface area contributed by atoms with Crippen LogP contribution in [-0.4, -0.2) is 44.2 Å². The second-order valence-electron chi connectivity index (χ2n) is 7.28. The molecule has 0 aliphatic carbocycles. The van der Waals surface area contributed by atoms with E-state index in [1.807, 2.05) is 0 Å². The Hall–Kier alpha value is -1.06. The van der Waals surface area contributed by atoms with E-state index in [-0.39, 0.29) is 5.41 Å². The van der Waals surface area contributed by atoms with Crippen molar-refractivity contribution in [3.63, 3.8) is 0 Å². The molecule has 1 aromatic rings. The lowest BCUT2D eigenvalue weighted by Gasteiger charge is -2.27. The summed E-state index contributed by atoms with van der Waals surface area (Å²) in [5, 5.41) is 3.40. The van der Waals surface area contributed by atoms with Gasteiger partial charge in [0.25, 0.3) is 0 Å². The van der Waals surface area contributed by atoms with Crippen LogP contribution in [0.5, 0.6) is 5.75 Å². The minimum Gasteiger partial charge on any atom is -0.494 e. The first-order valence-electron chi connectivity index (χ1n) is 8.72. The molecule has 0 unspecified atom stereocenters. The number of unbranched alkanes of at least 4 members (excludes halogenated alkanes) is 2. The van der Waals surface area contributed by atoms with Gasteiger partial charge in [-0.15, -0.1) is 0 Å². The van der Waals surface area contributed by atoms with E-state index in [9.17, 15) is 0 Å². The summed E-state index contributed by atoms with van der Waals surface area (Å²) in [6.45, 7) is 13.5. The molecule has 1 aromatic carbocycles. The lowest BCUT2D eigenvalue weighted by atomic mass is 9.87. The van der Waals surface area contributed by atoms with Crippen molar-refractivity contribution >= 4 is 0 Å². The first-order chi connectivity index (χ1) is 10.6. The maximum absolute atomic E-state index is 5.84. The van der Waals surface area contributed by atoms with Crippen LogP contribution < -0.4 is 10.1 Å². The van der Waals surface area contributed by atoms with Gasteiger partial charge in [0, 0.05) is 26.2 Å². The van der Waals surface area contributed by atoms with Crippen molar-refractivity contribution in [2.45, 2.75) is 45.4 Å². The van der Waals surface area contributed by atoms with Gasteiger partial charge in [0.2, 0.25) is 0 Å². The molecule has 1 saturated heterocycles. The normalized spacial score (nSPS) is 16.7. The third-order valence-corrected chi connectivity index (χ3v) is 4.32. The quantitative estimate of drug-likeness (QED) is 0.781. The van der Waals surface area contributed by atoms with Crippen LogP contribution >= 0.6 is 0 Å². The van der Waals surface area contributed by atoms with E-state index in [0.29, 0.717) is 0 Å². The molecular formula is C19H32N2O. The number of hydrogen-bond donors (Lipinski definition) is 1. The molecule has 3 nitrogen and oxygen atoms in total. The molecule has 0 spiro atoms. The van der Waals surface area contributed by atoms with Gasteiger partial charge in [-0.05, 0) is 48.9 Å². The lowest BCUT2D eigenvalue weighted by Crippen LogP contribution is -2.43. The van der Waals surface area contributed by atoms with Gasteiger partial charge in [-0.1, -0.05) is 32.9 Å². The monoisotopic (exact) mass is 304 g/mol. The summed E-state index contributed by atoms with van der Waals surface area (Å²) in [6.07, 6.45) is 3.68. The molecule has 0 radical (unpaired) electrons. The average Bonchev–Trinajstić information content (AvgIpc) is 2.51. The van der Waals surface area contributed by atoms with Crippen molar-refractivity contribution in [1.29, 1.82) is 0 Å². The molecule has 0 aromatic heterocycles. The molecular weight excluding hydrogens is 272 g/mol. The molecule has 0 amide bonds. The van der Waals surface area contributed by atoms with E-state index < -0.39 is 0 Å². The highest BCUT2D eigenvalue weighted by Gasteiger charge is 2.13. The molecule has 3 heteroatoms. The van der Waals surface area contributed by atoms with Crippen molar-refractivity contribution in [3.05, 3.63) is 29.8 Å². The first kappa shape index (κ1) is 17.3. The maximum atomic E-state index is 5.84. The van der Waals surface area contributed by atoms with Crippen LogP contribution in [-0.2, 0) is 5.41 Å². The minimum atomic E-state index is 0.211. The van der Waals surface area contributed by atoms with Crippen molar-refractivity contribution in [3.8, 4) is 5.75 Å². The van der Waals surface area contributed by atoms with Gasteiger partial charge >= 0.3 is 0 Å². The summed E-state index contributed by atoms with van der Waals surface area (Å²) in [4.78, 5) is 2.56. The molecule has 1 heterocycles. The number of benzene rings is 1. The van der Waals surface area contributed by atoms with E-state index in [2.05, 4.69) is 55.3 Å². The Morgan fingerprint density at radius 1 is 1.00 bits per heavy atom. The third kappa shape index (κ3) is 5.98. The highest BCUT2D eigenvalue weighted by molar-refractivity contribution is 5.31. The summed E-state index contributed by atoms with van der Waals surface area (Å²) in [5.41, 5.74) is 1.57. The summed E-state index contributed by atoms with van der Waals surface area (Å²) < 4.78 is 5.84. The topological polar surface area (TPSA) is 24.5 Å². The van der Waals surface area contributed by atoms with Crippen molar-refractivity contribution in [1.82, 2.24) is 10.2 Å². The van der Waals surface area contributed by atoms with E-state index in [1.165, 1.54) is 38.0 Å². The molecule has 0 saturated carbocycles. The SMILES string of the molecule is CC(C)(C)c1ccc(OCCCCCN2CCNCC2)cc1. The fourth-order valence-corrected chi connectivity index (χ4v) is 2.79. The van der Waals surface area contributed by atoms with Gasteiger partial charge < -0.3 is 15.0 Å². The van der Waals surface area contributed by atoms with E-state index in [1.54, 1.807) is 0 Å². The Labute approximate surface area is 136 Å². The van der Waals surface area contributed by atoms with E-state index >= 15 is 0 Å². The van der Waals surface area contributed by atoms with Gasteiger partial charge in [-0.2, -0.15) is 0 Å². The van der Waals surface area contributed by atoms with Gasteiger partial charge in [-0.3, -0.25) is 0 Å². The standard InChI is InChI=1S/C19H32N2O/c1-19(2,3)17-7-9-18(10-8-17)22-16-6-4-5-13-21-14-11-20-12-15-21/h7-10,20H,4-6,11-16H2,1-3H3. The largest absolute Gasteiger partial charge is 0.494 e. The Morgan fingerprint density at radius 2 is 1.68 bits per heavy atom. The number of rotatable bonds is 7. The number of nitrogens with one attached hydrogen (secondary N) is 1.